The van der Waals surface area contributed by atoms with E-state index in [9.17, 15) is 0 Å². The van der Waals surface area contributed by atoms with E-state index in [0.29, 0.717) is 11.2 Å². The van der Waals surface area contributed by atoms with Crippen molar-refractivity contribution in [2.45, 2.75) is 19.1 Å². The van der Waals surface area contributed by atoms with Gasteiger partial charge in [0.15, 0.2) is 0 Å². The highest BCUT2D eigenvalue weighted by atomic mass is 32.2. The molecule has 0 bridgehead atoms. The molecule has 1 aromatic heterocycles. The number of anilines is 1. The predicted molar refractivity (Wildman–Crippen MR) is 48.4 cm³/mol. The lowest BCUT2D eigenvalue weighted by molar-refractivity contribution is 1.11. The number of rotatable bonds is 3. The van der Waals surface area contributed by atoms with Crippen LogP contribution in [0.3, 0.4) is 0 Å². The lowest BCUT2D eigenvalue weighted by Crippen LogP contribution is -1.97. The van der Waals surface area contributed by atoms with Gasteiger partial charge in [0.1, 0.15) is 0 Å². The summed E-state index contributed by atoms with van der Waals surface area (Å²) in [4.78, 5) is 8.02. The third-order valence-electron chi connectivity index (χ3n) is 0.952. The first-order chi connectivity index (χ1) is 5.29. The number of nitrogens with one attached hydrogen (secondary N) is 1. The molecule has 0 spiro atoms. The molecule has 0 aromatic carbocycles. The van der Waals surface area contributed by atoms with Crippen molar-refractivity contribution in [2.24, 2.45) is 0 Å². The van der Waals surface area contributed by atoms with Crippen molar-refractivity contribution in [1.29, 1.82) is 0 Å². The summed E-state index contributed by atoms with van der Waals surface area (Å²) in [6.45, 7) is 4.22. The predicted octanol–water partition coefficient (Wildman–Crippen LogP) is 1.95. The fourth-order valence-corrected chi connectivity index (χ4v) is 0.969. The number of hydrogen-bond acceptors (Lipinski definition) is 4. The van der Waals surface area contributed by atoms with Crippen LogP contribution in [-0.4, -0.2) is 15.2 Å². The fourth-order valence-electron chi connectivity index (χ4n) is 0.522. The molecule has 60 valence electrons. The zero-order chi connectivity index (χ0) is 8.10. The molecule has 0 saturated carbocycles. The summed E-state index contributed by atoms with van der Waals surface area (Å²) in [6, 6.07) is 1.80. The van der Waals surface area contributed by atoms with Crippen molar-refractivity contribution >= 4 is 17.9 Å². The van der Waals surface area contributed by atoms with Crippen LogP contribution in [0.4, 0.5) is 5.95 Å². The van der Waals surface area contributed by atoms with E-state index in [1.54, 1.807) is 30.4 Å². The summed E-state index contributed by atoms with van der Waals surface area (Å²) < 4.78 is 3.04. The van der Waals surface area contributed by atoms with E-state index < -0.39 is 0 Å². The zero-order valence-corrected chi connectivity index (χ0v) is 7.43. The average Bonchev–Trinajstić information content (AvgIpc) is 2.03. The Morgan fingerprint density at radius 3 is 2.55 bits per heavy atom. The van der Waals surface area contributed by atoms with Crippen LogP contribution >= 0.6 is 11.9 Å². The van der Waals surface area contributed by atoms with Crippen LogP contribution in [-0.2, 0) is 0 Å². The monoisotopic (exact) mass is 169 g/mol. The van der Waals surface area contributed by atoms with E-state index >= 15 is 0 Å². The molecule has 0 aliphatic heterocycles. The van der Waals surface area contributed by atoms with E-state index in [2.05, 4.69) is 28.5 Å². The van der Waals surface area contributed by atoms with Gasteiger partial charge in [0, 0.05) is 17.6 Å². The van der Waals surface area contributed by atoms with Gasteiger partial charge in [0.2, 0.25) is 5.95 Å². The molecule has 0 amide bonds. The van der Waals surface area contributed by atoms with Gasteiger partial charge in [-0.3, -0.25) is 4.72 Å². The molecule has 1 N–H and O–H groups in total. The molecule has 11 heavy (non-hydrogen) atoms. The molecule has 0 aliphatic rings. The van der Waals surface area contributed by atoms with Crippen molar-refractivity contribution in [1.82, 2.24) is 9.97 Å². The quantitative estimate of drug-likeness (QED) is 0.702. The van der Waals surface area contributed by atoms with Crippen molar-refractivity contribution in [3.63, 3.8) is 0 Å². The van der Waals surface area contributed by atoms with Crippen molar-refractivity contribution in [2.75, 3.05) is 4.72 Å². The third-order valence-corrected chi connectivity index (χ3v) is 1.72. The minimum atomic E-state index is 0.541. The summed E-state index contributed by atoms with van der Waals surface area (Å²) >= 11 is 1.61. The van der Waals surface area contributed by atoms with E-state index in [0.717, 1.165) is 0 Å². The summed E-state index contributed by atoms with van der Waals surface area (Å²) in [5.74, 6) is 0.672. The number of hydrogen-bond donors (Lipinski definition) is 1. The van der Waals surface area contributed by atoms with Gasteiger partial charge in [0.25, 0.3) is 0 Å². The second kappa shape index (κ2) is 4.18. The SMILES string of the molecule is CC(C)SNc1ncccn1. The normalized spacial score (nSPS) is 10.1. The van der Waals surface area contributed by atoms with Crippen LogP contribution < -0.4 is 4.72 Å². The minimum Gasteiger partial charge on any atom is -0.298 e. The lowest BCUT2D eigenvalue weighted by Gasteiger charge is -2.04. The summed E-state index contributed by atoms with van der Waals surface area (Å²) in [6.07, 6.45) is 3.44. The van der Waals surface area contributed by atoms with Gasteiger partial charge in [-0.05, 0) is 18.0 Å². The average molecular weight is 169 g/mol. The lowest BCUT2D eigenvalue weighted by atomic mass is 10.6. The molecular formula is C7H11N3S. The fraction of sp³-hybridized carbons (Fsp3) is 0.429. The molecule has 0 aliphatic carbocycles. The van der Waals surface area contributed by atoms with Crippen molar-refractivity contribution in [3.8, 4) is 0 Å². The zero-order valence-electron chi connectivity index (χ0n) is 6.61. The molecule has 0 atom stereocenters. The molecule has 3 nitrogen and oxygen atoms in total. The van der Waals surface area contributed by atoms with E-state index in [-0.39, 0.29) is 0 Å². The highest BCUT2D eigenvalue weighted by Gasteiger charge is 1.95. The Labute approximate surface area is 70.8 Å². The molecular weight excluding hydrogens is 158 g/mol. The molecule has 0 radical (unpaired) electrons. The highest BCUT2D eigenvalue weighted by molar-refractivity contribution is 8.01. The van der Waals surface area contributed by atoms with Gasteiger partial charge in [-0.2, -0.15) is 0 Å². The molecule has 0 unspecified atom stereocenters. The van der Waals surface area contributed by atoms with Crippen LogP contribution in [0.2, 0.25) is 0 Å². The van der Waals surface area contributed by atoms with Crippen LogP contribution in [0, 0.1) is 0 Å². The van der Waals surface area contributed by atoms with Crippen molar-refractivity contribution in [3.05, 3.63) is 18.5 Å². The Hall–Kier alpha value is -0.770. The van der Waals surface area contributed by atoms with Crippen LogP contribution in [0.5, 0.6) is 0 Å². The van der Waals surface area contributed by atoms with Crippen molar-refractivity contribution < 1.29 is 0 Å². The largest absolute Gasteiger partial charge is 0.298 e. The maximum atomic E-state index is 4.01. The first kappa shape index (κ1) is 8.33. The Morgan fingerprint density at radius 2 is 2.00 bits per heavy atom. The molecule has 0 fully saturated rings. The van der Waals surface area contributed by atoms with Crippen LogP contribution in [0.15, 0.2) is 18.5 Å². The summed E-state index contributed by atoms with van der Waals surface area (Å²) in [7, 11) is 0. The Kier molecular flexibility index (Phi) is 3.16. The Morgan fingerprint density at radius 1 is 1.36 bits per heavy atom. The van der Waals surface area contributed by atoms with Gasteiger partial charge in [-0.25, -0.2) is 9.97 Å². The third kappa shape index (κ3) is 3.23. The topological polar surface area (TPSA) is 37.8 Å². The van der Waals surface area contributed by atoms with Gasteiger partial charge >= 0.3 is 0 Å². The second-order valence-corrected chi connectivity index (χ2v) is 3.72. The molecule has 1 aromatic rings. The number of nitrogens with zero attached hydrogens (tertiary/aromatic N) is 2. The maximum absolute atomic E-state index is 4.01. The number of aromatic nitrogens is 2. The van der Waals surface area contributed by atoms with Gasteiger partial charge in [-0.15, -0.1) is 0 Å². The first-order valence-electron chi connectivity index (χ1n) is 3.47. The van der Waals surface area contributed by atoms with Crippen LogP contribution in [0.1, 0.15) is 13.8 Å². The van der Waals surface area contributed by atoms with Gasteiger partial charge in [-0.1, -0.05) is 13.8 Å². The van der Waals surface area contributed by atoms with E-state index in [1.165, 1.54) is 0 Å². The molecule has 0 saturated heterocycles. The molecule has 4 heteroatoms. The molecule has 1 heterocycles. The highest BCUT2D eigenvalue weighted by Crippen LogP contribution is 2.10. The minimum absolute atomic E-state index is 0.541. The van der Waals surface area contributed by atoms with E-state index in [1.807, 2.05) is 0 Å². The second-order valence-electron chi connectivity index (χ2n) is 2.34. The summed E-state index contributed by atoms with van der Waals surface area (Å²) in [5, 5.41) is 0.541. The standard InChI is InChI=1S/C7H11N3S/c1-6(2)11-10-7-8-4-3-5-9-7/h3-6H,1-2H3,(H,8,9,10). The smallest absolute Gasteiger partial charge is 0.232 e. The Bertz CT molecular complexity index is 200. The molecule has 1 rings (SSSR count). The maximum Gasteiger partial charge on any atom is 0.232 e. The first-order valence-corrected chi connectivity index (χ1v) is 4.35. The Balaban J connectivity index is 2.39. The van der Waals surface area contributed by atoms with Gasteiger partial charge in [0.05, 0.1) is 0 Å². The van der Waals surface area contributed by atoms with Crippen LogP contribution in [0.25, 0.3) is 0 Å². The van der Waals surface area contributed by atoms with Gasteiger partial charge < -0.3 is 0 Å². The summed E-state index contributed by atoms with van der Waals surface area (Å²) in [5.41, 5.74) is 0. The van der Waals surface area contributed by atoms with E-state index in [4.69, 9.17) is 0 Å².